The molecular formula is C15H17F2NOS. The molecule has 5 heteroatoms. The van der Waals surface area contributed by atoms with E-state index in [0.717, 1.165) is 18.4 Å². The number of thiophene rings is 1. The van der Waals surface area contributed by atoms with Gasteiger partial charge >= 0.3 is 6.61 Å². The lowest BCUT2D eigenvalue weighted by Crippen LogP contribution is -2.18. The van der Waals surface area contributed by atoms with Gasteiger partial charge in [0.1, 0.15) is 5.75 Å². The Balaban J connectivity index is 2.10. The van der Waals surface area contributed by atoms with Crippen LogP contribution in [0.15, 0.2) is 41.8 Å². The maximum atomic E-state index is 12.4. The maximum absolute atomic E-state index is 12.4. The van der Waals surface area contributed by atoms with Gasteiger partial charge in [0.2, 0.25) is 0 Å². The molecular weight excluding hydrogens is 280 g/mol. The van der Waals surface area contributed by atoms with E-state index in [4.69, 9.17) is 0 Å². The molecule has 0 saturated carbocycles. The van der Waals surface area contributed by atoms with Gasteiger partial charge in [0, 0.05) is 16.5 Å². The first-order valence-electron chi connectivity index (χ1n) is 6.44. The minimum atomic E-state index is -2.80. The Kier molecular flexibility index (Phi) is 5.49. The molecule has 1 aromatic carbocycles. The summed E-state index contributed by atoms with van der Waals surface area (Å²) in [6, 6.07) is 11.0. The first-order chi connectivity index (χ1) is 9.70. The van der Waals surface area contributed by atoms with E-state index >= 15 is 0 Å². The Morgan fingerprint density at radius 1 is 1.20 bits per heavy atom. The molecule has 0 amide bonds. The number of halogens is 2. The number of rotatable bonds is 7. The van der Waals surface area contributed by atoms with E-state index in [9.17, 15) is 8.78 Å². The molecule has 1 unspecified atom stereocenters. The van der Waals surface area contributed by atoms with Crippen molar-refractivity contribution in [2.45, 2.75) is 25.5 Å². The van der Waals surface area contributed by atoms with E-state index in [1.807, 2.05) is 30.6 Å². The van der Waals surface area contributed by atoms with Gasteiger partial charge < -0.3 is 10.1 Å². The van der Waals surface area contributed by atoms with Crippen molar-refractivity contribution < 1.29 is 13.5 Å². The monoisotopic (exact) mass is 297 g/mol. The summed E-state index contributed by atoms with van der Waals surface area (Å²) in [5, 5.41) is 5.21. The summed E-state index contributed by atoms with van der Waals surface area (Å²) in [5.74, 6) is 0.244. The average molecular weight is 297 g/mol. The number of benzene rings is 1. The Morgan fingerprint density at radius 2 is 2.00 bits per heavy atom. The molecule has 0 saturated heterocycles. The van der Waals surface area contributed by atoms with Crippen LogP contribution in [-0.4, -0.2) is 13.7 Å². The van der Waals surface area contributed by atoms with E-state index in [2.05, 4.69) is 16.1 Å². The smallest absolute Gasteiger partial charge is 0.387 e. The van der Waals surface area contributed by atoms with Crippen LogP contribution in [0.4, 0.5) is 8.78 Å². The molecule has 0 spiro atoms. The Labute approximate surface area is 121 Å². The lowest BCUT2D eigenvalue weighted by atomic mass is 10.0. The minimum Gasteiger partial charge on any atom is -0.434 e. The summed E-state index contributed by atoms with van der Waals surface area (Å²) in [6.45, 7) is -2.80. The molecule has 1 N–H and O–H groups in total. The predicted molar refractivity (Wildman–Crippen MR) is 77.5 cm³/mol. The second kappa shape index (κ2) is 7.36. The van der Waals surface area contributed by atoms with Gasteiger partial charge in [-0.1, -0.05) is 24.3 Å². The molecule has 0 radical (unpaired) electrons. The molecule has 2 aromatic rings. The zero-order valence-electron chi connectivity index (χ0n) is 11.2. The summed E-state index contributed by atoms with van der Waals surface area (Å²) < 4.78 is 29.5. The lowest BCUT2D eigenvalue weighted by molar-refractivity contribution is -0.0507. The van der Waals surface area contributed by atoms with E-state index in [1.165, 1.54) is 4.88 Å². The van der Waals surface area contributed by atoms with E-state index in [-0.39, 0.29) is 11.8 Å². The van der Waals surface area contributed by atoms with Crippen LogP contribution in [0.25, 0.3) is 0 Å². The van der Waals surface area contributed by atoms with Gasteiger partial charge in [0.05, 0.1) is 0 Å². The second-order valence-corrected chi connectivity index (χ2v) is 5.41. The predicted octanol–water partition coefficient (Wildman–Crippen LogP) is 4.24. The Bertz CT molecular complexity index is 516. The topological polar surface area (TPSA) is 21.3 Å². The highest BCUT2D eigenvalue weighted by atomic mass is 32.1. The van der Waals surface area contributed by atoms with Crippen LogP contribution in [0.3, 0.4) is 0 Å². The second-order valence-electron chi connectivity index (χ2n) is 4.38. The third kappa shape index (κ3) is 4.02. The standard InChI is InChI=1S/C15H17F2NOS/c1-18-13(9-8-11-5-4-10-20-11)12-6-2-3-7-14(12)19-15(16)17/h2-7,10,13,15,18H,8-9H2,1H3. The molecule has 1 aromatic heterocycles. The first kappa shape index (κ1) is 14.9. The van der Waals surface area contributed by atoms with Crippen molar-refractivity contribution in [2.24, 2.45) is 0 Å². The van der Waals surface area contributed by atoms with E-state index in [1.54, 1.807) is 23.5 Å². The fourth-order valence-electron chi connectivity index (χ4n) is 2.17. The van der Waals surface area contributed by atoms with Crippen LogP contribution in [0.2, 0.25) is 0 Å². The molecule has 1 heterocycles. The lowest BCUT2D eigenvalue weighted by Gasteiger charge is -2.19. The highest BCUT2D eigenvalue weighted by molar-refractivity contribution is 7.09. The molecule has 0 aliphatic carbocycles. The fraction of sp³-hybridized carbons (Fsp3) is 0.333. The number of para-hydroxylation sites is 1. The van der Waals surface area contributed by atoms with Crippen molar-refractivity contribution in [3.8, 4) is 5.75 Å². The summed E-state index contributed by atoms with van der Waals surface area (Å²) in [5.41, 5.74) is 0.770. The highest BCUT2D eigenvalue weighted by Crippen LogP contribution is 2.29. The number of aryl methyl sites for hydroxylation is 1. The van der Waals surface area contributed by atoms with Crippen molar-refractivity contribution in [1.82, 2.24) is 5.32 Å². The molecule has 1 atom stereocenters. The molecule has 108 valence electrons. The van der Waals surface area contributed by atoms with Crippen molar-refractivity contribution >= 4 is 11.3 Å². The fourth-order valence-corrected chi connectivity index (χ4v) is 2.89. The summed E-state index contributed by atoms with van der Waals surface area (Å²) >= 11 is 1.71. The van der Waals surface area contributed by atoms with Gasteiger partial charge in [-0.3, -0.25) is 0 Å². The SMILES string of the molecule is CNC(CCc1cccs1)c1ccccc1OC(F)F. The molecule has 0 aliphatic heterocycles. The van der Waals surface area contributed by atoms with Gasteiger partial charge in [-0.2, -0.15) is 8.78 Å². The van der Waals surface area contributed by atoms with Crippen LogP contribution >= 0.6 is 11.3 Å². The maximum Gasteiger partial charge on any atom is 0.387 e. The van der Waals surface area contributed by atoms with Crippen molar-refractivity contribution in [2.75, 3.05) is 7.05 Å². The molecule has 20 heavy (non-hydrogen) atoms. The summed E-state index contributed by atoms with van der Waals surface area (Å²) in [6.07, 6.45) is 1.74. The van der Waals surface area contributed by atoms with Gasteiger partial charge in [0.15, 0.2) is 0 Å². The number of hydrogen-bond acceptors (Lipinski definition) is 3. The third-order valence-corrected chi connectivity index (χ3v) is 4.05. The first-order valence-corrected chi connectivity index (χ1v) is 7.32. The molecule has 2 nitrogen and oxygen atoms in total. The van der Waals surface area contributed by atoms with Crippen LogP contribution in [0.1, 0.15) is 22.9 Å². The molecule has 0 bridgehead atoms. The largest absolute Gasteiger partial charge is 0.434 e. The van der Waals surface area contributed by atoms with E-state index in [0.29, 0.717) is 0 Å². The summed E-state index contributed by atoms with van der Waals surface area (Å²) in [7, 11) is 1.83. The van der Waals surface area contributed by atoms with E-state index < -0.39 is 6.61 Å². The quantitative estimate of drug-likeness (QED) is 0.825. The van der Waals surface area contributed by atoms with Gasteiger partial charge in [0.25, 0.3) is 0 Å². The Morgan fingerprint density at radius 3 is 2.65 bits per heavy atom. The van der Waals surface area contributed by atoms with Crippen LogP contribution in [0.5, 0.6) is 5.75 Å². The number of hydrogen-bond donors (Lipinski definition) is 1. The number of ether oxygens (including phenoxy) is 1. The number of alkyl halides is 2. The zero-order valence-corrected chi connectivity index (χ0v) is 12.0. The molecule has 0 fully saturated rings. The summed E-state index contributed by atoms with van der Waals surface area (Å²) in [4.78, 5) is 1.29. The van der Waals surface area contributed by atoms with Crippen LogP contribution in [-0.2, 0) is 6.42 Å². The molecule has 0 aliphatic rings. The van der Waals surface area contributed by atoms with Gasteiger partial charge in [-0.25, -0.2) is 0 Å². The Hall–Kier alpha value is -1.46. The van der Waals surface area contributed by atoms with Crippen molar-refractivity contribution in [3.63, 3.8) is 0 Å². The van der Waals surface area contributed by atoms with Gasteiger partial charge in [-0.05, 0) is 37.4 Å². The van der Waals surface area contributed by atoms with Crippen LogP contribution in [0, 0.1) is 0 Å². The van der Waals surface area contributed by atoms with Crippen molar-refractivity contribution in [1.29, 1.82) is 0 Å². The van der Waals surface area contributed by atoms with Crippen molar-refractivity contribution in [3.05, 3.63) is 52.2 Å². The molecule has 2 rings (SSSR count). The van der Waals surface area contributed by atoms with Crippen LogP contribution < -0.4 is 10.1 Å². The minimum absolute atomic E-state index is 0.00736. The number of nitrogens with one attached hydrogen (secondary N) is 1. The zero-order chi connectivity index (χ0) is 14.4. The normalized spacial score (nSPS) is 12.6. The van der Waals surface area contributed by atoms with Gasteiger partial charge in [-0.15, -0.1) is 11.3 Å². The highest BCUT2D eigenvalue weighted by Gasteiger charge is 2.16. The average Bonchev–Trinajstić information content (AvgIpc) is 2.94. The third-order valence-electron chi connectivity index (χ3n) is 3.12.